The van der Waals surface area contributed by atoms with Crippen LogP contribution in [0.1, 0.15) is 33.7 Å². The first-order chi connectivity index (χ1) is 16.4. The summed E-state index contributed by atoms with van der Waals surface area (Å²) in [6, 6.07) is 13.6. The highest BCUT2D eigenvalue weighted by Gasteiger charge is 2.29. The van der Waals surface area contributed by atoms with Crippen LogP contribution in [0.15, 0.2) is 54.7 Å². The van der Waals surface area contributed by atoms with Crippen LogP contribution < -0.4 is 15.8 Å². The fraction of sp³-hybridized carbons (Fsp3) is 0.250. The number of benzene rings is 2. The molecule has 10 heteroatoms. The highest BCUT2D eigenvalue weighted by molar-refractivity contribution is 6.31. The number of hydrogen-bond donors (Lipinski definition) is 2. The lowest BCUT2D eigenvalue weighted by Crippen LogP contribution is -2.41. The quantitative estimate of drug-likeness (QED) is 0.560. The number of hydrogen-bond acceptors (Lipinski definition) is 5. The summed E-state index contributed by atoms with van der Waals surface area (Å²) in [6.07, 6.45) is 2.76. The lowest BCUT2D eigenvalue weighted by atomic mass is 9.95. The maximum absolute atomic E-state index is 12.9. The molecular weight excluding hydrogens is 458 g/mol. The third-order valence-corrected chi connectivity index (χ3v) is 6.02. The second-order valence-corrected chi connectivity index (χ2v) is 8.39. The van der Waals surface area contributed by atoms with E-state index in [2.05, 4.69) is 10.4 Å². The monoisotopic (exact) mass is 481 g/mol. The van der Waals surface area contributed by atoms with E-state index in [-0.39, 0.29) is 23.4 Å². The van der Waals surface area contributed by atoms with Crippen LogP contribution in [-0.2, 0) is 4.79 Å². The number of amides is 3. The maximum atomic E-state index is 12.9. The van der Waals surface area contributed by atoms with Crippen LogP contribution in [0.2, 0.25) is 5.02 Å². The topological polar surface area (TPSA) is 120 Å². The number of anilines is 1. The lowest BCUT2D eigenvalue weighted by Gasteiger charge is -2.31. The molecule has 2 heterocycles. The maximum Gasteiger partial charge on any atom is 0.269 e. The molecule has 0 atom stereocenters. The van der Waals surface area contributed by atoms with Crippen LogP contribution in [0, 0.1) is 5.92 Å². The molecule has 2 aromatic carbocycles. The number of nitrogens with two attached hydrogens (primary N) is 1. The number of likely N-dealkylation sites (tertiary alicyclic amines) is 1. The highest BCUT2D eigenvalue weighted by Crippen LogP contribution is 2.27. The standard InChI is InChI=1S/C24H24ClN5O4/c1-34-21-7-2-16(25)14-19(21)24(33)29-11-8-15(9-12-29)23(32)27-17-3-5-18(6-4-17)30-13-10-20(28-30)22(26)31/h2-7,10,13-15H,8-9,11-12H2,1H3,(H2,26,31)(H,27,32). The fourth-order valence-corrected chi connectivity index (χ4v) is 4.08. The van der Waals surface area contributed by atoms with E-state index in [4.69, 9.17) is 22.1 Å². The predicted molar refractivity (Wildman–Crippen MR) is 127 cm³/mol. The number of nitrogens with one attached hydrogen (secondary N) is 1. The fourth-order valence-electron chi connectivity index (χ4n) is 3.90. The largest absolute Gasteiger partial charge is 0.496 e. The normalized spacial score (nSPS) is 14.0. The Kier molecular flexibility index (Phi) is 6.83. The number of primary amides is 1. The number of aromatic nitrogens is 2. The van der Waals surface area contributed by atoms with E-state index in [9.17, 15) is 14.4 Å². The molecule has 1 aliphatic heterocycles. The molecule has 0 saturated carbocycles. The molecule has 1 fully saturated rings. The van der Waals surface area contributed by atoms with Crippen LogP contribution in [0.3, 0.4) is 0 Å². The molecule has 9 nitrogen and oxygen atoms in total. The SMILES string of the molecule is COc1ccc(Cl)cc1C(=O)N1CCC(C(=O)Nc2ccc(-n3ccc(C(N)=O)n3)cc2)CC1. The van der Waals surface area contributed by atoms with Gasteiger partial charge in [-0.1, -0.05) is 11.6 Å². The van der Waals surface area contributed by atoms with E-state index >= 15 is 0 Å². The van der Waals surface area contributed by atoms with Gasteiger partial charge >= 0.3 is 0 Å². The zero-order chi connectivity index (χ0) is 24.2. The number of piperidine rings is 1. The Balaban J connectivity index is 1.33. The second-order valence-electron chi connectivity index (χ2n) is 7.96. The van der Waals surface area contributed by atoms with Crippen molar-refractivity contribution in [3.63, 3.8) is 0 Å². The molecular formula is C24H24ClN5O4. The predicted octanol–water partition coefficient (Wildman–Crippen LogP) is 3.12. The van der Waals surface area contributed by atoms with Crippen LogP contribution in [0.5, 0.6) is 5.75 Å². The Morgan fingerprint density at radius 3 is 2.41 bits per heavy atom. The first kappa shape index (κ1) is 23.3. The van der Waals surface area contributed by atoms with Gasteiger partial charge in [0.25, 0.3) is 11.8 Å². The van der Waals surface area contributed by atoms with Gasteiger partial charge in [0.15, 0.2) is 0 Å². The second kappa shape index (κ2) is 9.96. The Morgan fingerprint density at radius 1 is 1.09 bits per heavy atom. The molecule has 3 amide bonds. The zero-order valence-electron chi connectivity index (χ0n) is 18.5. The molecule has 0 unspecified atom stereocenters. The Hall–Kier alpha value is -3.85. The molecule has 0 bridgehead atoms. The van der Waals surface area contributed by atoms with E-state index in [1.807, 2.05) is 0 Å². The van der Waals surface area contributed by atoms with Crippen molar-refractivity contribution in [3.05, 3.63) is 71.0 Å². The summed E-state index contributed by atoms with van der Waals surface area (Å²) in [4.78, 5) is 38.6. The molecule has 34 heavy (non-hydrogen) atoms. The smallest absolute Gasteiger partial charge is 0.269 e. The van der Waals surface area contributed by atoms with Crippen molar-refractivity contribution in [1.29, 1.82) is 0 Å². The van der Waals surface area contributed by atoms with Crippen molar-refractivity contribution >= 4 is 35.0 Å². The molecule has 1 aliphatic rings. The van der Waals surface area contributed by atoms with E-state index < -0.39 is 5.91 Å². The number of carbonyl (C=O) groups is 3. The van der Waals surface area contributed by atoms with Gasteiger partial charge in [0.05, 0.1) is 18.4 Å². The van der Waals surface area contributed by atoms with Crippen molar-refractivity contribution in [3.8, 4) is 11.4 Å². The van der Waals surface area contributed by atoms with Crippen molar-refractivity contribution < 1.29 is 19.1 Å². The molecule has 1 saturated heterocycles. The average Bonchev–Trinajstić information content (AvgIpc) is 3.35. The Bertz CT molecular complexity index is 1220. The minimum atomic E-state index is -0.595. The summed E-state index contributed by atoms with van der Waals surface area (Å²) in [6.45, 7) is 0.931. The van der Waals surface area contributed by atoms with Crippen LogP contribution in [-0.4, -0.2) is 52.6 Å². The molecule has 0 aliphatic carbocycles. The van der Waals surface area contributed by atoms with Gasteiger partial charge in [-0.2, -0.15) is 5.10 Å². The van der Waals surface area contributed by atoms with Gasteiger partial charge in [-0.15, -0.1) is 0 Å². The number of rotatable bonds is 6. The highest BCUT2D eigenvalue weighted by atomic mass is 35.5. The number of nitrogens with zero attached hydrogens (tertiary/aromatic N) is 3. The molecule has 0 spiro atoms. The average molecular weight is 482 g/mol. The van der Waals surface area contributed by atoms with E-state index in [1.54, 1.807) is 53.6 Å². The first-order valence-corrected chi connectivity index (χ1v) is 11.1. The number of methoxy groups -OCH3 is 1. The Labute approximate surface area is 201 Å². The van der Waals surface area contributed by atoms with Crippen LogP contribution >= 0.6 is 11.6 Å². The van der Waals surface area contributed by atoms with Crippen LogP contribution in [0.4, 0.5) is 5.69 Å². The van der Waals surface area contributed by atoms with Gasteiger partial charge < -0.3 is 20.7 Å². The molecule has 176 valence electrons. The number of ether oxygens (including phenoxy) is 1. The first-order valence-electron chi connectivity index (χ1n) is 10.8. The Morgan fingerprint density at radius 2 is 1.79 bits per heavy atom. The van der Waals surface area contributed by atoms with Crippen LogP contribution in [0.25, 0.3) is 5.69 Å². The third-order valence-electron chi connectivity index (χ3n) is 5.79. The van der Waals surface area contributed by atoms with Gasteiger partial charge in [-0.3, -0.25) is 14.4 Å². The van der Waals surface area contributed by atoms with Crippen molar-refractivity contribution in [2.24, 2.45) is 11.7 Å². The molecule has 3 aromatic rings. The summed E-state index contributed by atoms with van der Waals surface area (Å²) >= 11 is 6.05. The summed E-state index contributed by atoms with van der Waals surface area (Å²) < 4.78 is 6.83. The molecule has 3 N–H and O–H groups in total. The zero-order valence-corrected chi connectivity index (χ0v) is 19.3. The van der Waals surface area contributed by atoms with E-state index in [1.165, 1.54) is 17.9 Å². The van der Waals surface area contributed by atoms with Gasteiger partial charge in [-0.05, 0) is 61.4 Å². The molecule has 0 radical (unpaired) electrons. The summed E-state index contributed by atoms with van der Waals surface area (Å²) in [5.41, 5.74) is 7.21. The van der Waals surface area contributed by atoms with Crippen molar-refractivity contribution in [1.82, 2.24) is 14.7 Å². The number of halogens is 1. The number of carbonyl (C=O) groups excluding carboxylic acids is 3. The minimum absolute atomic E-state index is 0.0877. The van der Waals surface area contributed by atoms with E-state index in [0.717, 1.165) is 5.69 Å². The van der Waals surface area contributed by atoms with E-state index in [0.29, 0.717) is 48.0 Å². The van der Waals surface area contributed by atoms with Crippen molar-refractivity contribution in [2.75, 3.05) is 25.5 Å². The van der Waals surface area contributed by atoms with Crippen molar-refractivity contribution in [2.45, 2.75) is 12.8 Å². The van der Waals surface area contributed by atoms with Gasteiger partial charge in [0.1, 0.15) is 11.4 Å². The summed E-state index contributed by atoms with van der Waals surface area (Å²) in [7, 11) is 1.51. The summed E-state index contributed by atoms with van der Waals surface area (Å²) in [5.74, 6) is -0.572. The summed E-state index contributed by atoms with van der Waals surface area (Å²) in [5, 5.41) is 7.51. The van der Waals surface area contributed by atoms with Gasteiger partial charge in [-0.25, -0.2) is 4.68 Å². The molecule has 4 rings (SSSR count). The molecule has 1 aromatic heterocycles. The lowest BCUT2D eigenvalue weighted by molar-refractivity contribution is -0.121. The van der Waals surface area contributed by atoms with Gasteiger partial charge in [0.2, 0.25) is 5.91 Å². The van der Waals surface area contributed by atoms with Gasteiger partial charge in [0, 0.05) is 35.9 Å². The third kappa shape index (κ3) is 5.04. The minimum Gasteiger partial charge on any atom is -0.496 e.